The Labute approximate surface area is 151 Å². The summed E-state index contributed by atoms with van der Waals surface area (Å²) in [7, 11) is 1.93. The molecule has 1 aliphatic rings. The summed E-state index contributed by atoms with van der Waals surface area (Å²) in [5.74, 6) is -0.115. The Morgan fingerprint density at radius 1 is 1.38 bits per heavy atom. The number of carboxylic acid groups (broad SMARTS) is 1. The summed E-state index contributed by atoms with van der Waals surface area (Å²) >= 11 is 12.7. The van der Waals surface area contributed by atoms with Gasteiger partial charge in [0.25, 0.3) is 6.47 Å². The highest BCUT2D eigenvalue weighted by Gasteiger charge is 2.28. The van der Waals surface area contributed by atoms with Crippen molar-refractivity contribution in [1.29, 1.82) is 0 Å². The second-order valence-electron chi connectivity index (χ2n) is 4.80. The second kappa shape index (κ2) is 9.39. The first-order valence-electron chi connectivity index (χ1n) is 6.73. The van der Waals surface area contributed by atoms with Crippen LogP contribution in [-0.2, 0) is 4.79 Å². The highest BCUT2D eigenvalue weighted by Crippen LogP contribution is 2.38. The van der Waals surface area contributed by atoms with E-state index in [1.54, 1.807) is 0 Å². The van der Waals surface area contributed by atoms with Gasteiger partial charge in [0, 0.05) is 24.9 Å². The van der Waals surface area contributed by atoms with Crippen molar-refractivity contribution in [1.82, 2.24) is 4.90 Å². The van der Waals surface area contributed by atoms with Gasteiger partial charge in [-0.1, -0.05) is 23.2 Å². The summed E-state index contributed by atoms with van der Waals surface area (Å²) in [6.45, 7) is 0.666. The number of alkyl halides is 3. The third kappa shape index (κ3) is 6.78. The number of carbonyl (C=O) groups is 1. The second-order valence-corrected chi connectivity index (χ2v) is 6.63. The fourth-order valence-electron chi connectivity index (χ4n) is 1.95. The van der Waals surface area contributed by atoms with E-state index in [9.17, 15) is 13.2 Å². The third-order valence-corrected chi connectivity index (χ3v) is 4.82. The van der Waals surface area contributed by atoms with E-state index in [1.165, 1.54) is 12.1 Å². The molecule has 0 spiro atoms. The van der Waals surface area contributed by atoms with Crippen LogP contribution in [0.2, 0.25) is 10.0 Å². The van der Waals surface area contributed by atoms with Gasteiger partial charge in [0.05, 0.1) is 21.5 Å². The standard InChI is InChI=1S/C13H13Cl2F3N2S.CH2O2/c1-20-4-2-3-12(20)19-10-6-11(9(15)5-8(10)14)21-7-13(16,17)18;2-1-3/h5-6H,2-4,7H2,1H3;1H,(H,2,3). The topological polar surface area (TPSA) is 52.9 Å². The van der Waals surface area contributed by atoms with E-state index in [4.69, 9.17) is 33.1 Å². The molecule has 1 saturated heterocycles. The summed E-state index contributed by atoms with van der Waals surface area (Å²) in [5.41, 5.74) is 0.453. The molecule has 1 aromatic rings. The van der Waals surface area contributed by atoms with Crippen LogP contribution in [-0.4, -0.2) is 47.8 Å². The summed E-state index contributed by atoms with van der Waals surface area (Å²) in [5, 5.41) is 7.43. The van der Waals surface area contributed by atoms with Crippen LogP contribution in [0.4, 0.5) is 18.9 Å². The van der Waals surface area contributed by atoms with Crippen molar-refractivity contribution in [2.75, 3.05) is 19.3 Å². The van der Waals surface area contributed by atoms with Gasteiger partial charge < -0.3 is 10.0 Å². The van der Waals surface area contributed by atoms with Crippen LogP contribution in [0.15, 0.2) is 22.0 Å². The number of halogens is 5. The molecular formula is C14H15Cl2F3N2O2S. The average molecular weight is 403 g/mol. The number of rotatable bonds is 3. The van der Waals surface area contributed by atoms with Gasteiger partial charge in [0.2, 0.25) is 0 Å². The van der Waals surface area contributed by atoms with Crippen molar-refractivity contribution in [3.05, 3.63) is 22.2 Å². The molecule has 1 fully saturated rings. The Morgan fingerprint density at radius 3 is 2.50 bits per heavy atom. The van der Waals surface area contributed by atoms with Gasteiger partial charge in [-0.2, -0.15) is 13.2 Å². The molecule has 0 unspecified atom stereocenters. The SMILES string of the molecule is CN1CCCC1=Nc1cc(SCC(F)(F)F)c(Cl)cc1Cl.O=CO. The average Bonchev–Trinajstić information content (AvgIpc) is 2.86. The molecule has 24 heavy (non-hydrogen) atoms. The lowest BCUT2D eigenvalue weighted by Crippen LogP contribution is -2.18. The monoisotopic (exact) mass is 402 g/mol. The predicted molar refractivity (Wildman–Crippen MR) is 90.9 cm³/mol. The first-order valence-corrected chi connectivity index (χ1v) is 8.47. The molecule has 10 heteroatoms. The Hall–Kier alpha value is -1.12. The third-order valence-electron chi connectivity index (χ3n) is 2.98. The number of thioether (sulfide) groups is 1. The molecule has 0 aliphatic carbocycles. The van der Waals surface area contributed by atoms with Gasteiger partial charge in [-0.15, -0.1) is 11.8 Å². The lowest BCUT2D eigenvalue weighted by atomic mass is 10.3. The van der Waals surface area contributed by atoms with Crippen LogP contribution in [0.25, 0.3) is 0 Å². The minimum absolute atomic E-state index is 0.206. The lowest BCUT2D eigenvalue weighted by molar-refractivity contribution is -0.122. The summed E-state index contributed by atoms with van der Waals surface area (Å²) < 4.78 is 36.9. The molecule has 1 N–H and O–H groups in total. The lowest BCUT2D eigenvalue weighted by Gasteiger charge is -2.13. The summed E-state index contributed by atoms with van der Waals surface area (Å²) in [4.78, 5) is 15.1. The molecule has 1 heterocycles. The van der Waals surface area contributed by atoms with Gasteiger partial charge in [-0.25, -0.2) is 4.99 Å². The predicted octanol–water partition coefficient (Wildman–Crippen LogP) is 5.10. The van der Waals surface area contributed by atoms with E-state index in [2.05, 4.69) is 4.99 Å². The molecular weight excluding hydrogens is 388 g/mol. The summed E-state index contributed by atoms with van der Waals surface area (Å²) in [6.07, 6.45) is -2.40. The highest BCUT2D eigenvalue weighted by molar-refractivity contribution is 7.99. The minimum Gasteiger partial charge on any atom is -0.483 e. The molecule has 0 atom stereocenters. The fourth-order valence-corrected chi connectivity index (χ4v) is 3.25. The van der Waals surface area contributed by atoms with Crippen molar-refractivity contribution < 1.29 is 23.1 Å². The zero-order valence-electron chi connectivity index (χ0n) is 12.6. The van der Waals surface area contributed by atoms with E-state index in [0.29, 0.717) is 27.4 Å². The number of hydrogen-bond donors (Lipinski definition) is 1. The normalized spacial score (nSPS) is 16.1. The number of amidine groups is 1. The van der Waals surface area contributed by atoms with Crippen LogP contribution in [0.5, 0.6) is 0 Å². The maximum absolute atomic E-state index is 12.3. The molecule has 0 saturated carbocycles. The quantitative estimate of drug-likeness (QED) is 0.563. The maximum Gasteiger partial charge on any atom is 0.398 e. The number of aliphatic imine (C=N–C) groups is 1. The molecule has 0 aromatic heterocycles. The number of nitrogens with zero attached hydrogens (tertiary/aromatic N) is 2. The minimum atomic E-state index is -4.24. The number of likely N-dealkylation sites (tertiary alicyclic amines) is 1. The zero-order chi connectivity index (χ0) is 18.3. The highest BCUT2D eigenvalue weighted by atomic mass is 35.5. The molecule has 0 amide bonds. The van der Waals surface area contributed by atoms with Crippen molar-refractivity contribution in [2.45, 2.75) is 23.9 Å². The molecule has 2 rings (SSSR count). The van der Waals surface area contributed by atoms with Crippen LogP contribution in [0.3, 0.4) is 0 Å². The van der Waals surface area contributed by atoms with E-state index in [0.717, 1.165) is 25.2 Å². The first kappa shape index (κ1) is 20.9. The van der Waals surface area contributed by atoms with Crippen LogP contribution >= 0.6 is 35.0 Å². The molecule has 0 bridgehead atoms. The van der Waals surface area contributed by atoms with Crippen LogP contribution in [0, 0.1) is 0 Å². The molecule has 134 valence electrons. The van der Waals surface area contributed by atoms with Gasteiger partial charge in [-0.3, -0.25) is 4.79 Å². The molecule has 0 radical (unpaired) electrons. The first-order chi connectivity index (χ1) is 11.2. The molecule has 1 aliphatic heterocycles. The largest absolute Gasteiger partial charge is 0.483 e. The Morgan fingerprint density at radius 2 is 2.00 bits per heavy atom. The molecule has 4 nitrogen and oxygen atoms in total. The Balaban J connectivity index is 0.000000891. The maximum atomic E-state index is 12.3. The van der Waals surface area contributed by atoms with Crippen molar-refractivity contribution in [3.63, 3.8) is 0 Å². The van der Waals surface area contributed by atoms with E-state index in [1.807, 2.05) is 11.9 Å². The van der Waals surface area contributed by atoms with E-state index < -0.39 is 11.9 Å². The molecule has 1 aromatic carbocycles. The Bertz CT molecular complexity index is 612. The van der Waals surface area contributed by atoms with Gasteiger partial charge in [-0.05, 0) is 18.6 Å². The van der Waals surface area contributed by atoms with E-state index in [-0.39, 0.29) is 11.5 Å². The fraction of sp³-hybridized carbons (Fsp3) is 0.429. The van der Waals surface area contributed by atoms with Crippen molar-refractivity contribution in [3.8, 4) is 0 Å². The zero-order valence-corrected chi connectivity index (χ0v) is 14.9. The van der Waals surface area contributed by atoms with Gasteiger partial charge >= 0.3 is 6.18 Å². The smallest absolute Gasteiger partial charge is 0.398 e. The summed E-state index contributed by atoms with van der Waals surface area (Å²) in [6, 6.07) is 2.95. The van der Waals surface area contributed by atoms with Gasteiger partial charge in [0.1, 0.15) is 5.84 Å². The van der Waals surface area contributed by atoms with Crippen molar-refractivity contribution >= 4 is 53.0 Å². The van der Waals surface area contributed by atoms with Gasteiger partial charge in [0.15, 0.2) is 0 Å². The van der Waals surface area contributed by atoms with Crippen LogP contribution < -0.4 is 0 Å². The Kier molecular flexibility index (Phi) is 8.18. The van der Waals surface area contributed by atoms with Crippen molar-refractivity contribution in [2.24, 2.45) is 4.99 Å². The van der Waals surface area contributed by atoms with E-state index >= 15 is 0 Å². The number of benzene rings is 1. The van der Waals surface area contributed by atoms with Crippen LogP contribution in [0.1, 0.15) is 12.8 Å². The number of hydrogen-bond acceptors (Lipinski definition) is 3.